The summed E-state index contributed by atoms with van der Waals surface area (Å²) < 4.78 is 5.10. The normalized spacial score (nSPS) is 15.5. The van der Waals surface area contributed by atoms with Crippen LogP contribution in [0, 0.1) is 5.92 Å². The molecule has 0 spiro atoms. The van der Waals surface area contributed by atoms with Gasteiger partial charge in [0, 0.05) is 45.7 Å². The van der Waals surface area contributed by atoms with Gasteiger partial charge in [-0.2, -0.15) is 0 Å². The van der Waals surface area contributed by atoms with Crippen molar-refractivity contribution >= 4 is 23.2 Å². The molecule has 0 aliphatic carbocycles. The fourth-order valence-corrected chi connectivity index (χ4v) is 2.98. The Hall–Kier alpha value is -2.12. The maximum atomic E-state index is 12.0. The van der Waals surface area contributed by atoms with Crippen molar-refractivity contribution < 1.29 is 14.3 Å². The van der Waals surface area contributed by atoms with Crippen molar-refractivity contribution in [3.63, 3.8) is 0 Å². The van der Waals surface area contributed by atoms with Gasteiger partial charge in [-0.1, -0.05) is 0 Å². The first-order valence-electron chi connectivity index (χ1n) is 9.07. The van der Waals surface area contributed by atoms with Crippen LogP contribution in [0.4, 0.5) is 11.4 Å². The van der Waals surface area contributed by atoms with Crippen LogP contribution in [0.1, 0.15) is 12.8 Å². The van der Waals surface area contributed by atoms with Crippen molar-refractivity contribution in [3.8, 4) is 0 Å². The molecular weight excluding hydrogens is 332 g/mol. The molecule has 7 nitrogen and oxygen atoms in total. The minimum absolute atomic E-state index is 0.421. The van der Waals surface area contributed by atoms with Gasteiger partial charge in [-0.15, -0.1) is 0 Å². The second-order valence-corrected chi connectivity index (χ2v) is 6.88. The number of benzene rings is 1. The molecule has 2 amide bonds. The predicted molar refractivity (Wildman–Crippen MR) is 103 cm³/mol. The summed E-state index contributed by atoms with van der Waals surface area (Å²) in [7, 11) is 5.61. The molecule has 0 atom stereocenters. The highest BCUT2D eigenvalue weighted by Gasteiger charge is 2.21. The third kappa shape index (κ3) is 6.31. The lowest BCUT2D eigenvalue weighted by atomic mass is 9.97. The Balaban J connectivity index is 1.70. The average Bonchev–Trinajstić information content (AvgIpc) is 2.65. The summed E-state index contributed by atoms with van der Waals surface area (Å²) in [6, 6.07) is 7.36. The molecule has 0 aromatic heterocycles. The van der Waals surface area contributed by atoms with Crippen LogP contribution in [-0.2, 0) is 14.3 Å². The van der Waals surface area contributed by atoms with Gasteiger partial charge < -0.3 is 25.2 Å². The van der Waals surface area contributed by atoms with Gasteiger partial charge in [0.1, 0.15) is 0 Å². The van der Waals surface area contributed by atoms with Crippen LogP contribution in [0.25, 0.3) is 0 Å². The Kier molecular flexibility index (Phi) is 7.87. The molecule has 0 radical (unpaired) electrons. The Bertz CT molecular complexity index is 581. The van der Waals surface area contributed by atoms with E-state index >= 15 is 0 Å². The first-order valence-corrected chi connectivity index (χ1v) is 9.07. The van der Waals surface area contributed by atoms with Gasteiger partial charge in [-0.05, 0) is 56.1 Å². The summed E-state index contributed by atoms with van der Waals surface area (Å²) >= 11 is 0. The number of likely N-dealkylation sites (tertiary alicyclic amines) is 1. The van der Waals surface area contributed by atoms with Crippen LogP contribution in [0.5, 0.6) is 0 Å². The molecule has 0 unspecified atom stereocenters. The lowest BCUT2D eigenvalue weighted by molar-refractivity contribution is -0.136. The van der Waals surface area contributed by atoms with Gasteiger partial charge in [-0.25, -0.2) is 0 Å². The topological polar surface area (TPSA) is 73.9 Å². The molecule has 1 aromatic carbocycles. The van der Waals surface area contributed by atoms with Crippen LogP contribution in [0.3, 0.4) is 0 Å². The van der Waals surface area contributed by atoms with Gasteiger partial charge in [-0.3, -0.25) is 9.59 Å². The van der Waals surface area contributed by atoms with Gasteiger partial charge in [0.15, 0.2) is 0 Å². The minimum atomic E-state index is -0.625. The SMILES string of the molecule is COCCN1CCC(CNC(=O)C(=O)Nc2ccc(N(C)C)cc2)CC1. The van der Waals surface area contributed by atoms with Crippen molar-refractivity contribution in [2.75, 3.05) is 64.2 Å². The van der Waals surface area contributed by atoms with E-state index in [1.165, 1.54) is 0 Å². The number of amides is 2. The summed E-state index contributed by atoms with van der Waals surface area (Å²) in [6.45, 7) is 4.26. The van der Waals surface area contributed by atoms with E-state index in [1.807, 2.05) is 31.1 Å². The largest absolute Gasteiger partial charge is 0.383 e. The van der Waals surface area contributed by atoms with E-state index < -0.39 is 11.8 Å². The third-order valence-corrected chi connectivity index (χ3v) is 4.72. The van der Waals surface area contributed by atoms with Crippen LogP contribution in [-0.4, -0.2) is 70.7 Å². The van der Waals surface area contributed by atoms with Gasteiger partial charge in [0.05, 0.1) is 6.61 Å². The average molecular weight is 362 g/mol. The number of carbonyl (C=O) groups excluding carboxylic acids is 2. The van der Waals surface area contributed by atoms with Crippen molar-refractivity contribution in [1.29, 1.82) is 0 Å². The predicted octanol–water partition coefficient (Wildman–Crippen LogP) is 1.17. The van der Waals surface area contributed by atoms with E-state index in [9.17, 15) is 9.59 Å². The number of anilines is 2. The van der Waals surface area contributed by atoms with E-state index in [4.69, 9.17) is 4.74 Å². The number of ether oxygens (including phenoxy) is 1. The smallest absolute Gasteiger partial charge is 0.313 e. The fourth-order valence-electron chi connectivity index (χ4n) is 2.98. The van der Waals surface area contributed by atoms with E-state index in [0.29, 0.717) is 18.2 Å². The van der Waals surface area contributed by atoms with Gasteiger partial charge in [0.25, 0.3) is 0 Å². The summed E-state index contributed by atoms with van der Waals surface area (Å²) in [5, 5.41) is 5.39. The van der Waals surface area contributed by atoms with E-state index in [1.54, 1.807) is 19.2 Å². The van der Waals surface area contributed by atoms with Crippen LogP contribution in [0.15, 0.2) is 24.3 Å². The molecular formula is C19H30N4O3. The van der Waals surface area contributed by atoms with Crippen molar-refractivity contribution in [1.82, 2.24) is 10.2 Å². The Morgan fingerprint density at radius 1 is 1.15 bits per heavy atom. The molecule has 2 rings (SSSR count). The van der Waals surface area contributed by atoms with Crippen molar-refractivity contribution in [2.24, 2.45) is 5.92 Å². The highest BCUT2D eigenvalue weighted by molar-refractivity contribution is 6.39. The highest BCUT2D eigenvalue weighted by atomic mass is 16.5. The summed E-state index contributed by atoms with van der Waals surface area (Å²) in [4.78, 5) is 28.4. The standard InChI is InChI=1S/C19H30N4O3/c1-22(2)17-6-4-16(5-7-17)21-19(25)18(24)20-14-15-8-10-23(11-9-15)12-13-26-3/h4-7,15H,8-14H2,1-3H3,(H,20,24)(H,21,25). The number of nitrogens with one attached hydrogen (secondary N) is 2. The third-order valence-electron chi connectivity index (χ3n) is 4.72. The molecule has 1 fully saturated rings. The van der Waals surface area contributed by atoms with Crippen molar-refractivity contribution in [3.05, 3.63) is 24.3 Å². The quantitative estimate of drug-likeness (QED) is 0.712. The molecule has 0 bridgehead atoms. The summed E-state index contributed by atoms with van der Waals surface area (Å²) in [5.41, 5.74) is 1.64. The highest BCUT2D eigenvalue weighted by Crippen LogP contribution is 2.17. The maximum absolute atomic E-state index is 12.0. The second kappa shape index (κ2) is 10.1. The molecule has 7 heteroatoms. The molecule has 1 aliphatic heterocycles. The molecule has 1 heterocycles. The lowest BCUT2D eigenvalue weighted by Gasteiger charge is -2.31. The molecule has 1 aromatic rings. The summed E-state index contributed by atoms with van der Waals surface area (Å²) in [6.07, 6.45) is 2.05. The first-order chi connectivity index (χ1) is 12.5. The number of piperidine rings is 1. The number of carbonyl (C=O) groups is 2. The zero-order valence-corrected chi connectivity index (χ0v) is 16.0. The number of nitrogens with zero attached hydrogens (tertiary/aromatic N) is 2. The van der Waals surface area contributed by atoms with Crippen molar-refractivity contribution in [2.45, 2.75) is 12.8 Å². The Morgan fingerprint density at radius 2 is 1.81 bits per heavy atom. The first kappa shape index (κ1) is 20.2. The monoisotopic (exact) mass is 362 g/mol. The maximum Gasteiger partial charge on any atom is 0.313 e. The number of hydrogen-bond donors (Lipinski definition) is 2. The number of rotatable bonds is 7. The van der Waals surface area contributed by atoms with Crippen LogP contribution >= 0.6 is 0 Å². The molecule has 26 heavy (non-hydrogen) atoms. The molecule has 2 N–H and O–H groups in total. The molecule has 144 valence electrons. The lowest BCUT2D eigenvalue weighted by Crippen LogP contribution is -2.42. The summed E-state index contributed by atoms with van der Waals surface area (Å²) in [5.74, 6) is -0.784. The number of methoxy groups -OCH3 is 1. The Morgan fingerprint density at radius 3 is 2.38 bits per heavy atom. The fraction of sp³-hybridized carbons (Fsp3) is 0.579. The van der Waals surface area contributed by atoms with E-state index in [2.05, 4.69) is 15.5 Å². The van der Waals surface area contributed by atoms with Gasteiger partial charge >= 0.3 is 11.8 Å². The van der Waals surface area contributed by atoms with E-state index in [-0.39, 0.29) is 0 Å². The van der Waals surface area contributed by atoms with Gasteiger partial charge in [0.2, 0.25) is 0 Å². The Labute approximate surface area is 155 Å². The van der Waals surface area contributed by atoms with Crippen LogP contribution in [0.2, 0.25) is 0 Å². The van der Waals surface area contributed by atoms with E-state index in [0.717, 1.165) is 44.8 Å². The van der Waals surface area contributed by atoms with Crippen LogP contribution < -0.4 is 15.5 Å². The second-order valence-electron chi connectivity index (χ2n) is 6.88. The minimum Gasteiger partial charge on any atom is -0.383 e. The molecule has 1 aliphatic rings. The molecule has 0 saturated carbocycles. The number of hydrogen-bond acceptors (Lipinski definition) is 5. The zero-order valence-electron chi connectivity index (χ0n) is 16.0. The zero-order chi connectivity index (χ0) is 18.9. The molecule has 1 saturated heterocycles.